The van der Waals surface area contributed by atoms with Gasteiger partial charge in [-0.05, 0) is 6.04 Å². The normalized spacial score (nSPS) is 10.9. The third-order valence-corrected chi connectivity index (χ3v) is 2.71. The molecule has 0 aliphatic rings. The topological polar surface area (TPSA) is 26.3 Å². The predicted molar refractivity (Wildman–Crippen MR) is 49.3 cm³/mol. The monoisotopic (exact) mass is 172 g/mol. The Labute approximate surface area is 69.3 Å². The molecule has 0 aromatic heterocycles. The van der Waals surface area contributed by atoms with Crippen molar-refractivity contribution in [1.82, 2.24) is 0 Å². The molecule has 64 valence electrons. The molecule has 3 heteroatoms. The van der Waals surface area contributed by atoms with Crippen LogP contribution in [0.1, 0.15) is 0 Å². The van der Waals surface area contributed by atoms with Crippen molar-refractivity contribution in [3.8, 4) is 0 Å². The van der Waals surface area contributed by atoms with Crippen LogP contribution in [0.15, 0.2) is 12.2 Å². The van der Waals surface area contributed by atoms with Crippen LogP contribution in [0, 0.1) is 0 Å². The standard InChI is InChI=1S/C8H16O2Si/c1-7(8(9)10-2)6-11(3,4)5/h1,6H2,2-5H3. The Kier molecular flexibility index (Phi) is 3.52. The smallest absolute Gasteiger partial charge is 0.332 e. The van der Waals surface area contributed by atoms with E-state index in [4.69, 9.17) is 0 Å². The lowest BCUT2D eigenvalue weighted by Gasteiger charge is -2.15. The summed E-state index contributed by atoms with van der Waals surface area (Å²) in [5, 5.41) is 0. The number of hydrogen-bond donors (Lipinski definition) is 0. The number of hydrogen-bond acceptors (Lipinski definition) is 2. The summed E-state index contributed by atoms with van der Waals surface area (Å²) >= 11 is 0. The molecule has 2 nitrogen and oxygen atoms in total. The molecule has 0 aliphatic carbocycles. The van der Waals surface area contributed by atoms with Crippen molar-refractivity contribution >= 4 is 14.0 Å². The minimum atomic E-state index is -1.20. The van der Waals surface area contributed by atoms with Gasteiger partial charge < -0.3 is 4.74 Å². The molecule has 0 atom stereocenters. The number of carbonyl (C=O) groups excluding carboxylic acids is 1. The van der Waals surface area contributed by atoms with Gasteiger partial charge in [-0.2, -0.15) is 0 Å². The maximum atomic E-state index is 10.9. The zero-order chi connectivity index (χ0) is 9.07. The summed E-state index contributed by atoms with van der Waals surface area (Å²) in [5.74, 6) is -0.271. The summed E-state index contributed by atoms with van der Waals surface area (Å²) in [6.07, 6.45) is 0. The van der Waals surface area contributed by atoms with E-state index in [0.717, 1.165) is 6.04 Å². The highest BCUT2D eigenvalue weighted by Gasteiger charge is 2.18. The van der Waals surface area contributed by atoms with Crippen LogP contribution in [0.5, 0.6) is 0 Å². The minimum absolute atomic E-state index is 0.271. The molecule has 0 aliphatic heterocycles. The first-order valence-corrected chi connectivity index (χ1v) is 7.33. The summed E-state index contributed by atoms with van der Waals surface area (Å²) in [6.45, 7) is 10.3. The van der Waals surface area contributed by atoms with Crippen molar-refractivity contribution in [3.63, 3.8) is 0 Å². The largest absolute Gasteiger partial charge is 0.466 e. The maximum Gasteiger partial charge on any atom is 0.332 e. The average molecular weight is 172 g/mol. The molecule has 0 saturated carbocycles. The molecule has 0 aromatic carbocycles. The Balaban J connectivity index is 3.99. The fraction of sp³-hybridized carbons (Fsp3) is 0.625. The van der Waals surface area contributed by atoms with Gasteiger partial charge in [0.25, 0.3) is 0 Å². The van der Waals surface area contributed by atoms with Gasteiger partial charge in [0.2, 0.25) is 0 Å². The molecule has 0 bridgehead atoms. The van der Waals surface area contributed by atoms with Crippen LogP contribution in [0.25, 0.3) is 0 Å². The molecule has 0 amide bonds. The molecule has 0 spiro atoms. The van der Waals surface area contributed by atoms with Crippen molar-refractivity contribution in [2.75, 3.05) is 7.11 Å². The van der Waals surface area contributed by atoms with Crippen LogP contribution >= 0.6 is 0 Å². The number of ether oxygens (including phenoxy) is 1. The summed E-state index contributed by atoms with van der Waals surface area (Å²) in [6, 6.07) is 0.819. The Bertz CT molecular complexity index is 167. The van der Waals surface area contributed by atoms with Gasteiger partial charge in [0.15, 0.2) is 0 Å². The fourth-order valence-electron chi connectivity index (χ4n) is 0.857. The van der Waals surface area contributed by atoms with E-state index in [2.05, 4.69) is 31.0 Å². The second kappa shape index (κ2) is 3.71. The number of esters is 1. The third kappa shape index (κ3) is 4.78. The molecule has 0 aromatic rings. The van der Waals surface area contributed by atoms with Crippen molar-refractivity contribution in [2.45, 2.75) is 25.7 Å². The summed E-state index contributed by atoms with van der Waals surface area (Å²) < 4.78 is 4.54. The highest BCUT2D eigenvalue weighted by atomic mass is 28.3. The van der Waals surface area contributed by atoms with Crippen LogP contribution in [0.4, 0.5) is 0 Å². The van der Waals surface area contributed by atoms with E-state index in [1.54, 1.807) is 0 Å². The molecular weight excluding hydrogens is 156 g/mol. The molecule has 11 heavy (non-hydrogen) atoms. The Hall–Kier alpha value is -0.573. The van der Waals surface area contributed by atoms with Crippen molar-refractivity contribution in [3.05, 3.63) is 12.2 Å². The van der Waals surface area contributed by atoms with E-state index in [9.17, 15) is 4.79 Å². The lowest BCUT2D eigenvalue weighted by Crippen LogP contribution is -2.22. The third-order valence-electron chi connectivity index (χ3n) is 1.22. The van der Waals surface area contributed by atoms with Crippen molar-refractivity contribution < 1.29 is 9.53 Å². The van der Waals surface area contributed by atoms with Crippen LogP contribution in [0.2, 0.25) is 25.7 Å². The van der Waals surface area contributed by atoms with Gasteiger partial charge >= 0.3 is 5.97 Å². The summed E-state index contributed by atoms with van der Waals surface area (Å²) in [4.78, 5) is 10.9. The summed E-state index contributed by atoms with van der Waals surface area (Å²) in [5.41, 5.74) is 0.603. The van der Waals surface area contributed by atoms with Gasteiger partial charge in [0.1, 0.15) is 0 Å². The number of methoxy groups -OCH3 is 1. The van der Waals surface area contributed by atoms with Gasteiger partial charge in [-0.3, -0.25) is 0 Å². The first-order chi connectivity index (χ1) is 4.87. The van der Waals surface area contributed by atoms with E-state index in [0.29, 0.717) is 5.57 Å². The van der Waals surface area contributed by atoms with Gasteiger partial charge in [-0.1, -0.05) is 26.2 Å². The Morgan fingerprint density at radius 3 is 2.18 bits per heavy atom. The van der Waals surface area contributed by atoms with Gasteiger partial charge in [-0.25, -0.2) is 4.79 Å². The molecule has 0 unspecified atom stereocenters. The SMILES string of the molecule is C=C(C[Si](C)(C)C)C(=O)OC. The highest BCUT2D eigenvalue weighted by Crippen LogP contribution is 2.15. The second-order valence-electron chi connectivity index (χ2n) is 3.83. The number of carbonyl (C=O) groups is 1. The molecule has 0 N–H and O–H groups in total. The average Bonchev–Trinajstić information content (AvgIpc) is 1.82. The molecule has 0 saturated heterocycles. The Morgan fingerprint density at radius 2 is 1.91 bits per heavy atom. The van der Waals surface area contributed by atoms with Crippen LogP contribution in [0.3, 0.4) is 0 Å². The zero-order valence-electron chi connectivity index (χ0n) is 7.73. The van der Waals surface area contributed by atoms with Crippen LogP contribution in [-0.2, 0) is 9.53 Å². The second-order valence-corrected chi connectivity index (χ2v) is 9.31. The summed E-state index contributed by atoms with van der Waals surface area (Å²) in [7, 11) is 0.187. The van der Waals surface area contributed by atoms with Crippen molar-refractivity contribution in [2.24, 2.45) is 0 Å². The molecule has 0 heterocycles. The maximum absolute atomic E-state index is 10.9. The number of rotatable bonds is 3. The zero-order valence-corrected chi connectivity index (χ0v) is 8.73. The molecule has 0 radical (unpaired) electrons. The van der Waals surface area contributed by atoms with Crippen molar-refractivity contribution in [1.29, 1.82) is 0 Å². The molecular formula is C8H16O2Si. The quantitative estimate of drug-likeness (QED) is 0.370. The van der Waals surface area contributed by atoms with E-state index in [1.165, 1.54) is 7.11 Å². The Morgan fingerprint density at radius 1 is 1.45 bits per heavy atom. The van der Waals surface area contributed by atoms with E-state index in [1.807, 2.05) is 0 Å². The van der Waals surface area contributed by atoms with Gasteiger partial charge in [0.05, 0.1) is 7.11 Å². The lowest BCUT2D eigenvalue weighted by atomic mass is 10.4. The van der Waals surface area contributed by atoms with Crippen LogP contribution in [-0.4, -0.2) is 21.2 Å². The first kappa shape index (κ1) is 10.4. The minimum Gasteiger partial charge on any atom is -0.466 e. The first-order valence-electron chi connectivity index (χ1n) is 3.63. The van der Waals surface area contributed by atoms with Gasteiger partial charge in [0, 0.05) is 13.6 Å². The van der Waals surface area contributed by atoms with Gasteiger partial charge in [-0.15, -0.1) is 0 Å². The lowest BCUT2D eigenvalue weighted by molar-refractivity contribution is -0.136. The van der Waals surface area contributed by atoms with E-state index in [-0.39, 0.29) is 5.97 Å². The molecule has 0 rings (SSSR count). The fourth-order valence-corrected chi connectivity index (χ4v) is 2.28. The van der Waals surface area contributed by atoms with Crippen LogP contribution < -0.4 is 0 Å². The van der Waals surface area contributed by atoms with E-state index < -0.39 is 8.07 Å². The van der Waals surface area contributed by atoms with E-state index >= 15 is 0 Å². The predicted octanol–water partition coefficient (Wildman–Crippen LogP) is 2.05. The highest BCUT2D eigenvalue weighted by molar-refractivity contribution is 6.77. The molecule has 0 fully saturated rings.